The van der Waals surface area contributed by atoms with Gasteiger partial charge < -0.3 is 14.6 Å². The first kappa shape index (κ1) is 10.8. The van der Waals surface area contributed by atoms with Crippen molar-refractivity contribution in [3.8, 4) is 11.5 Å². The Morgan fingerprint density at radius 3 is 2.12 bits per heavy atom. The molecular formula is C13H14O3. The van der Waals surface area contributed by atoms with Crippen LogP contribution in [0.15, 0.2) is 36.4 Å². The molecule has 2 aromatic carbocycles. The Morgan fingerprint density at radius 1 is 1.00 bits per heavy atom. The van der Waals surface area contributed by atoms with Crippen molar-refractivity contribution in [3.63, 3.8) is 0 Å². The number of aliphatic hydroxyl groups excluding tert-OH is 1. The topological polar surface area (TPSA) is 38.7 Å². The van der Waals surface area contributed by atoms with Gasteiger partial charge in [0, 0.05) is 10.8 Å². The molecule has 2 rings (SSSR count). The summed E-state index contributed by atoms with van der Waals surface area (Å²) in [6, 6.07) is 11.4. The van der Waals surface area contributed by atoms with Gasteiger partial charge in [0.25, 0.3) is 0 Å². The second-order valence-corrected chi connectivity index (χ2v) is 3.53. The van der Waals surface area contributed by atoms with Crippen LogP contribution in [0.2, 0.25) is 0 Å². The van der Waals surface area contributed by atoms with Gasteiger partial charge in [-0.05, 0) is 19.1 Å². The minimum Gasteiger partial charge on any atom is -0.496 e. The molecule has 0 aliphatic heterocycles. The average Bonchev–Trinajstić information content (AvgIpc) is 2.29. The largest absolute Gasteiger partial charge is 0.496 e. The van der Waals surface area contributed by atoms with Crippen LogP contribution in [0.25, 0.3) is 10.8 Å². The van der Waals surface area contributed by atoms with E-state index >= 15 is 0 Å². The molecule has 2 aromatic rings. The van der Waals surface area contributed by atoms with Gasteiger partial charge in [0.15, 0.2) is 6.29 Å². The highest BCUT2D eigenvalue weighted by Crippen LogP contribution is 2.33. The maximum absolute atomic E-state index is 9.24. The number of aliphatic hydroxyl groups is 1. The standard InChI is InChI=1S/C13H14O3/c1-9(14)16-13-8-7-12(15-2)10-5-3-4-6-11(10)13/h3-9,14H,1-2H3. The minimum absolute atomic E-state index is 0.659. The SMILES string of the molecule is COc1ccc(OC(C)O)c2ccccc12. The van der Waals surface area contributed by atoms with Crippen molar-refractivity contribution in [1.29, 1.82) is 0 Å². The monoisotopic (exact) mass is 218 g/mol. The van der Waals surface area contributed by atoms with Crippen LogP contribution in [0.3, 0.4) is 0 Å². The zero-order chi connectivity index (χ0) is 11.5. The number of benzene rings is 2. The lowest BCUT2D eigenvalue weighted by molar-refractivity contribution is 0.000851. The molecule has 1 atom stereocenters. The zero-order valence-corrected chi connectivity index (χ0v) is 9.31. The molecule has 0 spiro atoms. The summed E-state index contributed by atoms with van der Waals surface area (Å²) in [6.07, 6.45) is -0.822. The molecule has 0 amide bonds. The van der Waals surface area contributed by atoms with E-state index in [0.29, 0.717) is 5.75 Å². The maximum atomic E-state index is 9.24. The van der Waals surface area contributed by atoms with Gasteiger partial charge >= 0.3 is 0 Å². The third-order valence-corrected chi connectivity index (χ3v) is 2.36. The van der Waals surface area contributed by atoms with Crippen LogP contribution >= 0.6 is 0 Å². The Bertz CT molecular complexity index is 492. The van der Waals surface area contributed by atoms with Crippen molar-refractivity contribution in [2.45, 2.75) is 13.2 Å². The fourth-order valence-corrected chi connectivity index (χ4v) is 1.71. The zero-order valence-electron chi connectivity index (χ0n) is 9.31. The second-order valence-electron chi connectivity index (χ2n) is 3.53. The summed E-state index contributed by atoms with van der Waals surface area (Å²) in [5, 5.41) is 11.1. The summed E-state index contributed by atoms with van der Waals surface area (Å²) in [4.78, 5) is 0. The molecule has 1 unspecified atom stereocenters. The molecule has 0 saturated carbocycles. The van der Waals surface area contributed by atoms with Gasteiger partial charge in [0.05, 0.1) is 7.11 Å². The van der Waals surface area contributed by atoms with E-state index in [9.17, 15) is 5.11 Å². The highest BCUT2D eigenvalue weighted by atomic mass is 16.6. The van der Waals surface area contributed by atoms with Crippen LogP contribution < -0.4 is 9.47 Å². The summed E-state index contributed by atoms with van der Waals surface area (Å²) in [7, 11) is 1.64. The Hall–Kier alpha value is -1.74. The predicted molar refractivity (Wildman–Crippen MR) is 62.8 cm³/mol. The number of ether oxygens (including phenoxy) is 2. The first-order chi connectivity index (χ1) is 7.72. The smallest absolute Gasteiger partial charge is 0.194 e. The third kappa shape index (κ3) is 1.95. The molecule has 3 heteroatoms. The van der Waals surface area contributed by atoms with Crippen LogP contribution in [0.5, 0.6) is 11.5 Å². The van der Waals surface area contributed by atoms with Gasteiger partial charge in [-0.1, -0.05) is 24.3 Å². The van der Waals surface area contributed by atoms with Crippen LogP contribution in [0.1, 0.15) is 6.92 Å². The van der Waals surface area contributed by atoms with E-state index in [0.717, 1.165) is 16.5 Å². The van der Waals surface area contributed by atoms with E-state index in [1.54, 1.807) is 20.1 Å². The van der Waals surface area contributed by atoms with Crippen LogP contribution in [-0.2, 0) is 0 Å². The van der Waals surface area contributed by atoms with E-state index in [2.05, 4.69) is 0 Å². The number of hydrogen-bond acceptors (Lipinski definition) is 3. The lowest BCUT2D eigenvalue weighted by Crippen LogP contribution is -2.09. The molecule has 0 saturated heterocycles. The molecular weight excluding hydrogens is 204 g/mol. The highest BCUT2D eigenvalue weighted by molar-refractivity contribution is 5.93. The predicted octanol–water partition coefficient (Wildman–Crippen LogP) is 2.57. The number of fused-ring (bicyclic) bond motifs is 1. The molecule has 1 N–H and O–H groups in total. The fourth-order valence-electron chi connectivity index (χ4n) is 1.71. The van der Waals surface area contributed by atoms with E-state index in [1.807, 2.05) is 30.3 Å². The Morgan fingerprint density at radius 2 is 1.56 bits per heavy atom. The van der Waals surface area contributed by atoms with Crippen molar-refractivity contribution in [2.24, 2.45) is 0 Å². The molecule has 84 valence electrons. The quantitative estimate of drug-likeness (QED) is 0.805. The number of methoxy groups -OCH3 is 1. The van der Waals surface area contributed by atoms with Gasteiger partial charge in [-0.25, -0.2) is 0 Å². The fraction of sp³-hybridized carbons (Fsp3) is 0.231. The first-order valence-electron chi connectivity index (χ1n) is 5.13. The van der Waals surface area contributed by atoms with Crippen LogP contribution in [0.4, 0.5) is 0 Å². The summed E-state index contributed by atoms with van der Waals surface area (Å²) in [5.41, 5.74) is 0. The van der Waals surface area contributed by atoms with Gasteiger partial charge in [-0.3, -0.25) is 0 Å². The average molecular weight is 218 g/mol. The molecule has 3 nitrogen and oxygen atoms in total. The van der Waals surface area contributed by atoms with Gasteiger partial charge in [-0.2, -0.15) is 0 Å². The first-order valence-corrected chi connectivity index (χ1v) is 5.13. The van der Waals surface area contributed by atoms with Crippen LogP contribution in [-0.4, -0.2) is 18.5 Å². The molecule has 0 bridgehead atoms. The van der Waals surface area contributed by atoms with Crippen LogP contribution in [0, 0.1) is 0 Å². The highest BCUT2D eigenvalue weighted by Gasteiger charge is 2.08. The van der Waals surface area contributed by atoms with Crippen molar-refractivity contribution < 1.29 is 14.6 Å². The van der Waals surface area contributed by atoms with Gasteiger partial charge in [-0.15, -0.1) is 0 Å². The maximum Gasteiger partial charge on any atom is 0.194 e. The molecule has 0 radical (unpaired) electrons. The van der Waals surface area contributed by atoms with E-state index < -0.39 is 6.29 Å². The van der Waals surface area contributed by atoms with Crippen molar-refractivity contribution in [2.75, 3.05) is 7.11 Å². The Kier molecular flexibility index (Phi) is 2.97. The summed E-state index contributed by atoms with van der Waals surface area (Å²) in [5.74, 6) is 1.46. The van der Waals surface area contributed by atoms with Crippen molar-refractivity contribution in [3.05, 3.63) is 36.4 Å². The van der Waals surface area contributed by atoms with Gasteiger partial charge in [0.2, 0.25) is 0 Å². The normalized spacial score (nSPS) is 12.4. The lowest BCUT2D eigenvalue weighted by atomic mass is 10.1. The van der Waals surface area contributed by atoms with Crippen molar-refractivity contribution in [1.82, 2.24) is 0 Å². The summed E-state index contributed by atoms with van der Waals surface area (Å²) in [6.45, 7) is 1.58. The van der Waals surface area contributed by atoms with Crippen molar-refractivity contribution >= 4 is 10.8 Å². The number of hydrogen-bond donors (Lipinski definition) is 1. The molecule has 0 heterocycles. The second kappa shape index (κ2) is 4.41. The molecule has 0 fully saturated rings. The Labute approximate surface area is 94.2 Å². The van der Waals surface area contributed by atoms with E-state index in [1.165, 1.54) is 0 Å². The molecule has 0 aliphatic rings. The summed E-state index contributed by atoms with van der Waals surface area (Å²) >= 11 is 0. The lowest BCUT2D eigenvalue weighted by Gasteiger charge is -2.13. The summed E-state index contributed by atoms with van der Waals surface area (Å²) < 4.78 is 10.6. The van der Waals surface area contributed by atoms with E-state index in [-0.39, 0.29) is 0 Å². The number of rotatable bonds is 3. The third-order valence-electron chi connectivity index (χ3n) is 2.36. The minimum atomic E-state index is -0.822. The van der Waals surface area contributed by atoms with Gasteiger partial charge in [0.1, 0.15) is 11.5 Å². The molecule has 0 aromatic heterocycles. The Balaban J connectivity index is 2.60. The molecule has 16 heavy (non-hydrogen) atoms. The molecule has 0 aliphatic carbocycles. The van der Waals surface area contributed by atoms with E-state index in [4.69, 9.17) is 9.47 Å².